The van der Waals surface area contributed by atoms with Crippen molar-refractivity contribution in [1.82, 2.24) is 5.32 Å². The summed E-state index contributed by atoms with van der Waals surface area (Å²) in [6.07, 6.45) is 4.39. The number of amides is 1. The van der Waals surface area contributed by atoms with Gasteiger partial charge in [0.05, 0.1) is 17.6 Å². The Kier molecular flexibility index (Phi) is 3.75. The Labute approximate surface area is 106 Å². The zero-order valence-corrected chi connectivity index (χ0v) is 9.97. The van der Waals surface area contributed by atoms with E-state index in [1.165, 1.54) is 0 Å². The second-order valence-electron chi connectivity index (χ2n) is 4.42. The van der Waals surface area contributed by atoms with Crippen molar-refractivity contribution in [2.24, 2.45) is 11.7 Å². The van der Waals surface area contributed by atoms with Crippen LogP contribution in [0, 0.1) is 17.2 Å². The lowest BCUT2D eigenvalue weighted by Gasteiger charge is -2.10. The van der Waals surface area contributed by atoms with Gasteiger partial charge in [-0.1, -0.05) is 24.3 Å². The molecule has 0 aliphatic heterocycles. The minimum absolute atomic E-state index is 0.0114. The first kappa shape index (κ1) is 12.3. The van der Waals surface area contributed by atoms with Gasteiger partial charge in [0.25, 0.3) is 0 Å². The van der Waals surface area contributed by atoms with Crippen LogP contribution in [0.15, 0.2) is 36.4 Å². The molecule has 0 fully saturated rings. The van der Waals surface area contributed by atoms with Gasteiger partial charge in [-0.2, -0.15) is 5.26 Å². The molecule has 1 aromatic carbocycles. The molecule has 0 heterocycles. The highest BCUT2D eigenvalue weighted by Gasteiger charge is 2.22. The third-order valence-electron chi connectivity index (χ3n) is 2.98. The number of nitrogens with two attached hydrogens (primary N) is 1. The van der Waals surface area contributed by atoms with Crippen molar-refractivity contribution in [2.45, 2.75) is 19.0 Å². The van der Waals surface area contributed by atoms with Gasteiger partial charge in [-0.05, 0) is 24.1 Å². The quantitative estimate of drug-likeness (QED) is 0.777. The molecule has 0 aromatic heterocycles. The highest BCUT2D eigenvalue weighted by Crippen LogP contribution is 2.16. The molecule has 18 heavy (non-hydrogen) atoms. The lowest BCUT2D eigenvalue weighted by atomic mass is 10.1. The van der Waals surface area contributed by atoms with Crippen LogP contribution in [0.5, 0.6) is 0 Å². The van der Waals surface area contributed by atoms with Crippen LogP contribution in [0.1, 0.15) is 17.5 Å². The SMILES string of the molecule is N#Cc1cccc(CNC(=O)C2C=CC(N)C2)c1. The predicted octanol–water partition coefficient (Wildman–Crippen LogP) is 1.08. The molecule has 0 bridgehead atoms. The zero-order chi connectivity index (χ0) is 13.0. The average molecular weight is 241 g/mol. The molecular weight excluding hydrogens is 226 g/mol. The van der Waals surface area contributed by atoms with Gasteiger partial charge >= 0.3 is 0 Å². The number of nitrogens with zero attached hydrogens (tertiary/aromatic N) is 1. The number of hydrogen-bond donors (Lipinski definition) is 2. The van der Waals surface area contributed by atoms with Crippen LogP contribution in [0.2, 0.25) is 0 Å². The molecule has 1 amide bonds. The maximum atomic E-state index is 11.8. The summed E-state index contributed by atoms with van der Waals surface area (Å²) in [5.41, 5.74) is 7.23. The number of rotatable bonds is 3. The zero-order valence-electron chi connectivity index (χ0n) is 9.97. The molecule has 2 unspecified atom stereocenters. The molecule has 0 spiro atoms. The van der Waals surface area contributed by atoms with E-state index in [4.69, 9.17) is 11.0 Å². The number of hydrogen-bond acceptors (Lipinski definition) is 3. The van der Waals surface area contributed by atoms with E-state index in [9.17, 15) is 4.79 Å². The van der Waals surface area contributed by atoms with Gasteiger partial charge in [-0.3, -0.25) is 4.79 Å². The van der Waals surface area contributed by atoms with Gasteiger partial charge in [0.2, 0.25) is 5.91 Å². The van der Waals surface area contributed by atoms with Crippen molar-refractivity contribution in [1.29, 1.82) is 5.26 Å². The maximum Gasteiger partial charge on any atom is 0.227 e. The summed E-state index contributed by atoms with van der Waals surface area (Å²) >= 11 is 0. The molecule has 0 radical (unpaired) electrons. The first-order valence-corrected chi connectivity index (χ1v) is 5.89. The Bertz CT molecular complexity index is 516. The summed E-state index contributed by atoms with van der Waals surface area (Å²) in [5.74, 6) is -0.138. The van der Waals surface area contributed by atoms with Crippen LogP contribution >= 0.6 is 0 Å². The largest absolute Gasteiger partial charge is 0.352 e. The first-order chi connectivity index (χ1) is 8.69. The molecule has 2 rings (SSSR count). The minimum atomic E-state index is -0.126. The summed E-state index contributed by atoms with van der Waals surface area (Å²) in [5, 5.41) is 11.6. The summed E-state index contributed by atoms with van der Waals surface area (Å²) in [7, 11) is 0. The summed E-state index contributed by atoms with van der Waals surface area (Å²) in [4.78, 5) is 11.8. The number of carbonyl (C=O) groups is 1. The van der Waals surface area contributed by atoms with Crippen LogP contribution < -0.4 is 11.1 Å². The average Bonchev–Trinajstić information content (AvgIpc) is 2.83. The Morgan fingerprint density at radius 1 is 1.50 bits per heavy atom. The van der Waals surface area contributed by atoms with Gasteiger partial charge in [0.1, 0.15) is 0 Å². The summed E-state index contributed by atoms with van der Waals surface area (Å²) in [6, 6.07) is 9.28. The number of nitriles is 1. The van der Waals surface area contributed by atoms with Crippen molar-refractivity contribution < 1.29 is 4.79 Å². The molecule has 0 saturated carbocycles. The molecule has 2 atom stereocenters. The van der Waals surface area contributed by atoms with Crippen molar-refractivity contribution in [3.8, 4) is 6.07 Å². The van der Waals surface area contributed by atoms with Crippen molar-refractivity contribution >= 4 is 5.91 Å². The highest BCUT2D eigenvalue weighted by atomic mass is 16.1. The Balaban J connectivity index is 1.90. The van der Waals surface area contributed by atoms with Crippen LogP contribution in [0.4, 0.5) is 0 Å². The van der Waals surface area contributed by atoms with E-state index in [0.717, 1.165) is 5.56 Å². The highest BCUT2D eigenvalue weighted by molar-refractivity contribution is 5.81. The summed E-state index contributed by atoms with van der Waals surface area (Å²) in [6.45, 7) is 0.438. The van der Waals surface area contributed by atoms with E-state index < -0.39 is 0 Å². The normalized spacial score (nSPS) is 21.6. The fourth-order valence-electron chi connectivity index (χ4n) is 1.99. The molecule has 3 N–H and O–H groups in total. The van der Waals surface area contributed by atoms with E-state index in [-0.39, 0.29) is 17.9 Å². The maximum absolute atomic E-state index is 11.8. The lowest BCUT2D eigenvalue weighted by Crippen LogP contribution is -2.30. The number of benzene rings is 1. The Morgan fingerprint density at radius 3 is 3.00 bits per heavy atom. The van der Waals surface area contributed by atoms with E-state index in [0.29, 0.717) is 18.5 Å². The first-order valence-electron chi connectivity index (χ1n) is 5.89. The van der Waals surface area contributed by atoms with E-state index >= 15 is 0 Å². The molecule has 1 aliphatic rings. The van der Waals surface area contributed by atoms with Crippen molar-refractivity contribution in [3.05, 3.63) is 47.5 Å². The molecule has 92 valence electrons. The molecule has 1 aromatic rings. The Morgan fingerprint density at radius 2 is 2.33 bits per heavy atom. The van der Waals surface area contributed by atoms with Crippen molar-refractivity contribution in [2.75, 3.05) is 0 Å². The second-order valence-corrected chi connectivity index (χ2v) is 4.42. The number of carbonyl (C=O) groups excluding carboxylic acids is 1. The molecule has 1 aliphatic carbocycles. The lowest BCUT2D eigenvalue weighted by molar-refractivity contribution is -0.123. The van der Waals surface area contributed by atoms with Gasteiger partial charge in [0.15, 0.2) is 0 Å². The smallest absolute Gasteiger partial charge is 0.227 e. The van der Waals surface area contributed by atoms with E-state index in [1.807, 2.05) is 24.3 Å². The van der Waals surface area contributed by atoms with Gasteiger partial charge in [-0.25, -0.2) is 0 Å². The standard InChI is InChI=1S/C14H15N3O/c15-8-10-2-1-3-11(6-10)9-17-14(18)12-4-5-13(16)7-12/h1-6,12-13H,7,9,16H2,(H,17,18). The van der Waals surface area contributed by atoms with Crippen LogP contribution in [0.3, 0.4) is 0 Å². The molecule has 4 heteroatoms. The van der Waals surface area contributed by atoms with Gasteiger partial charge in [-0.15, -0.1) is 0 Å². The van der Waals surface area contributed by atoms with Gasteiger partial charge in [0, 0.05) is 12.6 Å². The number of nitrogens with one attached hydrogen (secondary N) is 1. The van der Waals surface area contributed by atoms with Crippen LogP contribution in [-0.4, -0.2) is 11.9 Å². The fraction of sp³-hybridized carbons (Fsp3) is 0.286. The third kappa shape index (κ3) is 2.96. The minimum Gasteiger partial charge on any atom is -0.352 e. The monoisotopic (exact) mass is 241 g/mol. The molecular formula is C14H15N3O. The van der Waals surface area contributed by atoms with Crippen molar-refractivity contribution in [3.63, 3.8) is 0 Å². The predicted molar refractivity (Wildman–Crippen MR) is 68.2 cm³/mol. The van der Waals surface area contributed by atoms with E-state index in [2.05, 4.69) is 11.4 Å². The van der Waals surface area contributed by atoms with Gasteiger partial charge < -0.3 is 11.1 Å². The topological polar surface area (TPSA) is 78.9 Å². The fourth-order valence-corrected chi connectivity index (χ4v) is 1.99. The third-order valence-corrected chi connectivity index (χ3v) is 2.98. The Hall–Kier alpha value is -2.12. The molecule has 0 saturated heterocycles. The summed E-state index contributed by atoms with van der Waals surface area (Å²) < 4.78 is 0. The van der Waals surface area contributed by atoms with E-state index in [1.54, 1.807) is 12.1 Å². The second kappa shape index (κ2) is 5.48. The van der Waals surface area contributed by atoms with Crippen LogP contribution in [-0.2, 0) is 11.3 Å². The van der Waals surface area contributed by atoms with Crippen LogP contribution in [0.25, 0.3) is 0 Å². The molecule has 4 nitrogen and oxygen atoms in total.